The fraction of sp³-hybridized carbons (Fsp3) is 0.350. The van der Waals surface area contributed by atoms with E-state index in [0.29, 0.717) is 28.5 Å². The summed E-state index contributed by atoms with van der Waals surface area (Å²) in [6.07, 6.45) is -0.210. The zero-order valence-electron chi connectivity index (χ0n) is 15.7. The third-order valence-electron chi connectivity index (χ3n) is 4.69. The number of alkyl carbamates (subject to hydrolysis) is 1. The van der Waals surface area contributed by atoms with Crippen LogP contribution < -0.4 is 14.8 Å². The van der Waals surface area contributed by atoms with Crippen molar-refractivity contribution in [1.29, 1.82) is 0 Å². The number of nitrogens with one attached hydrogen (secondary N) is 1. The Balaban J connectivity index is 2.30. The van der Waals surface area contributed by atoms with Gasteiger partial charge in [-0.3, -0.25) is 5.32 Å². The van der Waals surface area contributed by atoms with Crippen molar-refractivity contribution < 1.29 is 23.7 Å². The van der Waals surface area contributed by atoms with Gasteiger partial charge in [-0.2, -0.15) is 0 Å². The Kier molecular flexibility index (Phi) is 5.48. The molecule has 2 aromatic rings. The van der Waals surface area contributed by atoms with Crippen LogP contribution in [0.25, 0.3) is 0 Å². The maximum atomic E-state index is 12.2. The van der Waals surface area contributed by atoms with Gasteiger partial charge in [-0.25, -0.2) is 4.79 Å². The van der Waals surface area contributed by atoms with Gasteiger partial charge in [0, 0.05) is 16.1 Å². The van der Waals surface area contributed by atoms with Crippen LogP contribution in [0, 0.1) is 0 Å². The fourth-order valence-corrected chi connectivity index (χ4v) is 3.69. The van der Waals surface area contributed by atoms with E-state index >= 15 is 0 Å². The third-order valence-corrected chi connectivity index (χ3v) is 5.02. The van der Waals surface area contributed by atoms with Gasteiger partial charge in [-0.15, -0.1) is 0 Å². The van der Waals surface area contributed by atoms with Gasteiger partial charge in [-0.1, -0.05) is 36.7 Å². The minimum atomic E-state index is -1.30. The Morgan fingerprint density at radius 2 is 1.81 bits per heavy atom. The zero-order valence-corrected chi connectivity index (χ0v) is 16.4. The smallest absolute Gasteiger partial charge is 0.409 e. The number of rotatable bonds is 5. The average Bonchev–Trinajstić information content (AvgIpc) is 3.00. The molecule has 7 heteroatoms. The summed E-state index contributed by atoms with van der Waals surface area (Å²) in [4.78, 5) is 12.2. The Labute approximate surface area is 163 Å². The molecule has 0 aliphatic carbocycles. The molecule has 6 nitrogen and oxygen atoms in total. The first-order valence-corrected chi connectivity index (χ1v) is 8.93. The predicted octanol–water partition coefficient (Wildman–Crippen LogP) is 4.40. The Morgan fingerprint density at radius 3 is 2.41 bits per heavy atom. The highest BCUT2D eigenvalue weighted by Gasteiger charge is 2.49. The van der Waals surface area contributed by atoms with Crippen LogP contribution in [0.4, 0.5) is 4.79 Å². The molecule has 2 atom stereocenters. The second-order valence-corrected chi connectivity index (χ2v) is 6.49. The van der Waals surface area contributed by atoms with E-state index in [1.807, 2.05) is 37.3 Å². The lowest BCUT2D eigenvalue weighted by atomic mass is 9.91. The van der Waals surface area contributed by atoms with E-state index in [1.54, 1.807) is 20.3 Å². The van der Waals surface area contributed by atoms with Crippen molar-refractivity contribution in [3.63, 3.8) is 0 Å². The third kappa shape index (κ3) is 3.19. The summed E-state index contributed by atoms with van der Waals surface area (Å²) in [5.74, 6) is 1.12. The number of benzene rings is 2. The molecule has 0 bridgehead atoms. The van der Waals surface area contributed by atoms with Crippen molar-refractivity contribution in [3.05, 3.63) is 58.1 Å². The van der Waals surface area contributed by atoms with Gasteiger partial charge in [0.05, 0.1) is 27.4 Å². The molecule has 2 unspecified atom stereocenters. The molecular formula is C20H22ClNO5. The first-order chi connectivity index (χ1) is 13.0. The minimum Gasteiger partial charge on any atom is -0.493 e. The van der Waals surface area contributed by atoms with Gasteiger partial charge in [-0.05, 0) is 30.2 Å². The van der Waals surface area contributed by atoms with Crippen molar-refractivity contribution in [2.45, 2.75) is 25.2 Å². The topological polar surface area (TPSA) is 66.0 Å². The molecule has 0 radical (unpaired) electrons. The normalized spacial score (nSPS) is 20.7. The number of carbonyl (C=O) groups is 1. The lowest BCUT2D eigenvalue weighted by Gasteiger charge is -2.32. The molecular weight excluding hydrogens is 370 g/mol. The molecule has 144 valence electrons. The minimum absolute atomic E-state index is 0.270. The van der Waals surface area contributed by atoms with Crippen LogP contribution >= 0.6 is 11.6 Å². The van der Waals surface area contributed by atoms with Crippen molar-refractivity contribution in [2.75, 3.05) is 21.3 Å². The number of carbonyl (C=O) groups excluding carboxylic acids is 1. The second-order valence-electron chi connectivity index (χ2n) is 6.09. The van der Waals surface area contributed by atoms with Crippen LogP contribution in [0.2, 0.25) is 5.02 Å². The van der Waals surface area contributed by atoms with E-state index < -0.39 is 11.8 Å². The van der Waals surface area contributed by atoms with Gasteiger partial charge >= 0.3 is 6.09 Å². The molecule has 0 spiro atoms. The number of ether oxygens (including phenoxy) is 4. The van der Waals surface area contributed by atoms with E-state index in [2.05, 4.69) is 5.32 Å². The second kappa shape index (κ2) is 7.66. The van der Waals surface area contributed by atoms with Gasteiger partial charge in [0.25, 0.3) is 0 Å². The number of hydrogen-bond acceptors (Lipinski definition) is 5. The lowest BCUT2D eigenvalue weighted by Crippen LogP contribution is -2.47. The van der Waals surface area contributed by atoms with Crippen LogP contribution in [-0.4, -0.2) is 27.4 Å². The molecule has 1 amide bonds. The highest BCUT2D eigenvalue weighted by molar-refractivity contribution is 6.31. The van der Waals surface area contributed by atoms with E-state index in [1.165, 1.54) is 7.11 Å². The predicted molar refractivity (Wildman–Crippen MR) is 101 cm³/mol. The summed E-state index contributed by atoms with van der Waals surface area (Å²) in [6, 6.07) is 10.9. The highest BCUT2D eigenvalue weighted by Crippen LogP contribution is 2.51. The van der Waals surface area contributed by atoms with Crippen LogP contribution in [0.3, 0.4) is 0 Å². The fourth-order valence-electron chi connectivity index (χ4n) is 3.42. The number of halogens is 1. The molecule has 3 rings (SSSR count). The maximum Gasteiger partial charge on any atom is 0.409 e. The summed E-state index contributed by atoms with van der Waals surface area (Å²) in [6.45, 7) is 2.01. The van der Waals surface area contributed by atoms with Crippen LogP contribution in [0.1, 0.15) is 36.1 Å². The molecule has 1 aliphatic rings. The summed E-state index contributed by atoms with van der Waals surface area (Å²) < 4.78 is 22.2. The van der Waals surface area contributed by atoms with Crippen LogP contribution in [-0.2, 0) is 15.2 Å². The molecule has 1 N–H and O–H groups in total. The first kappa shape index (κ1) is 19.3. The molecule has 0 saturated heterocycles. The van der Waals surface area contributed by atoms with Crippen molar-refractivity contribution in [3.8, 4) is 11.5 Å². The van der Waals surface area contributed by atoms with Gasteiger partial charge in [0.15, 0.2) is 17.2 Å². The number of hydrogen-bond donors (Lipinski definition) is 1. The number of methoxy groups -OCH3 is 3. The SMILES string of the molecule is CCC1OC(NC(=O)OC)(c2ccccc2Cl)c2cc(OC)c(OC)cc21. The number of amides is 1. The Hall–Kier alpha value is -2.44. The quantitative estimate of drug-likeness (QED) is 0.818. The van der Waals surface area contributed by atoms with Crippen molar-refractivity contribution in [2.24, 2.45) is 0 Å². The molecule has 1 aliphatic heterocycles. The summed E-state index contributed by atoms with van der Waals surface area (Å²) in [5, 5.41) is 3.31. The van der Waals surface area contributed by atoms with E-state index in [9.17, 15) is 4.79 Å². The van der Waals surface area contributed by atoms with Crippen molar-refractivity contribution in [1.82, 2.24) is 5.32 Å². The van der Waals surface area contributed by atoms with E-state index in [-0.39, 0.29) is 6.10 Å². The molecule has 0 aromatic heterocycles. The highest BCUT2D eigenvalue weighted by atomic mass is 35.5. The van der Waals surface area contributed by atoms with Gasteiger partial charge in [0.2, 0.25) is 0 Å². The zero-order chi connectivity index (χ0) is 19.6. The lowest BCUT2D eigenvalue weighted by molar-refractivity contribution is -0.0684. The van der Waals surface area contributed by atoms with Crippen molar-refractivity contribution >= 4 is 17.7 Å². The summed E-state index contributed by atoms with van der Waals surface area (Å²) in [7, 11) is 4.44. The molecule has 1 heterocycles. The molecule has 0 saturated carbocycles. The monoisotopic (exact) mass is 391 g/mol. The van der Waals surface area contributed by atoms with Crippen LogP contribution in [0.15, 0.2) is 36.4 Å². The average molecular weight is 392 g/mol. The Bertz CT molecular complexity index is 856. The maximum absolute atomic E-state index is 12.2. The Morgan fingerprint density at radius 1 is 1.15 bits per heavy atom. The van der Waals surface area contributed by atoms with Gasteiger partial charge < -0.3 is 18.9 Å². The first-order valence-electron chi connectivity index (χ1n) is 8.56. The largest absolute Gasteiger partial charge is 0.493 e. The molecule has 2 aromatic carbocycles. The van der Waals surface area contributed by atoms with E-state index in [0.717, 1.165) is 11.1 Å². The standard InChI is InChI=1S/C20H22ClNO5/c1-5-16-12-10-17(24-2)18(25-3)11-14(12)20(27-16,22-19(23)26-4)13-8-6-7-9-15(13)21/h6-11,16H,5H2,1-4H3,(H,22,23). The summed E-state index contributed by atoms with van der Waals surface area (Å²) >= 11 is 6.48. The van der Waals surface area contributed by atoms with Crippen LogP contribution in [0.5, 0.6) is 11.5 Å². The molecule has 27 heavy (non-hydrogen) atoms. The van der Waals surface area contributed by atoms with Gasteiger partial charge in [0.1, 0.15) is 0 Å². The summed E-state index contributed by atoms with van der Waals surface area (Å²) in [5.41, 5.74) is 0.930. The number of fused-ring (bicyclic) bond motifs is 1. The van der Waals surface area contributed by atoms with E-state index in [4.69, 9.17) is 30.5 Å². The molecule has 0 fully saturated rings.